The second-order valence-electron chi connectivity index (χ2n) is 6.29. The number of anilines is 2. The van der Waals surface area contributed by atoms with Crippen molar-refractivity contribution in [3.8, 4) is 11.5 Å². The van der Waals surface area contributed by atoms with Crippen molar-refractivity contribution in [2.75, 3.05) is 37.0 Å². The highest BCUT2D eigenvalue weighted by Gasteiger charge is 2.12. The molecule has 0 bridgehead atoms. The second kappa shape index (κ2) is 9.08. The highest BCUT2D eigenvalue weighted by molar-refractivity contribution is 5.91. The van der Waals surface area contributed by atoms with Crippen LogP contribution in [0.4, 0.5) is 11.5 Å². The van der Waals surface area contributed by atoms with Gasteiger partial charge in [-0.2, -0.15) is 0 Å². The molecule has 138 valence electrons. The molecule has 1 saturated heterocycles. The Labute approximate surface area is 154 Å². The van der Waals surface area contributed by atoms with E-state index in [0.717, 1.165) is 18.9 Å². The SMILES string of the molecule is COc1ccccc1OCC(=O)Nc1ccc(N2CCCCCC2)nc1. The molecular weight excluding hydrogens is 330 g/mol. The maximum Gasteiger partial charge on any atom is 0.262 e. The number of rotatable bonds is 6. The fourth-order valence-electron chi connectivity index (χ4n) is 3.03. The van der Waals surface area contributed by atoms with Crippen molar-refractivity contribution in [1.29, 1.82) is 0 Å². The maximum atomic E-state index is 12.1. The Morgan fingerprint density at radius 1 is 1.08 bits per heavy atom. The molecule has 3 rings (SSSR count). The van der Waals surface area contributed by atoms with E-state index in [2.05, 4.69) is 15.2 Å². The molecule has 1 aromatic heterocycles. The first kappa shape index (κ1) is 18.0. The molecule has 1 fully saturated rings. The van der Waals surface area contributed by atoms with Crippen LogP contribution in [0.3, 0.4) is 0 Å². The van der Waals surface area contributed by atoms with E-state index in [4.69, 9.17) is 9.47 Å². The standard InChI is InChI=1S/C20H25N3O3/c1-25-17-8-4-5-9-18(17)26-15-20(24)22-16-10-11-19(21-14-16)23-12-6-2-3-7-13-23/h4-5,8-11,14H,2-3,6-7,12-13,15H2,1H3,(H,22,24). The van der Waals surface area contributed by atoms with E-state index in [9.17, 15) is 4.79 Å². The van der Waals surface area contributed by atoms with Crippen LogP contribution in [0.15, 0.2) is 42.6 Å². The number of carbonyl (C=O) groups excluding carboxylic acids is 1. The lowest BCUT2D eigenvalue weighted by Gasteiger charge is -2.21. The van der Waals surface area contributed by atoms with Crippen LogP contribution in [0.5, 0.6) is 11.5 Å². The van der Waals surface area contributed by atoms with Crippen LogP contribution in [-0.2, 0) is 4.79 Å². The first-order valence-corrected chi connectivity index (χ1v) is 9.03. The van der Waals surface area contributed by atoms with Crippen molar-refractivity contribution < 1.29 is 14.3 Å². The molecule has 1 aromatic carbocycles. The van der Waals surface area contributed by atoms with Crippen molar-refractivity contribution in [1.82, 2.24) is 4.98 Å². The molecule has 2 aromatic rings. The van der Waals surface area contributed by atoms with Crippen LogP contribution in [0.2, 0.25) is 0 Å². The zero-order valence-corrected chi connectivity index (χ0v) is 15.1. The number of para-hydroxylation sites is 2. The summed E-state index contributed by atoms with van der Waals surface area (Å²) in [6.07, 6.45) is 6.69. The van der Waals surface area contributed by atoms with Gasteiger partial charge in [-0.25, -0.2) is 4.98 Å². The third-order valence-electron chi connectivity index (χ3n) is 4.39. The van der Waals surface area contributed by atoms with Crippen LogP contribution in [0.25, 0.3) is 0 Å². The Hall–Kier alpha value is -2.76. The van der Waals surface area contributed by atoms with E-state index in [1.54, 1.807) is 25.4 Å². The molecule has 0 unspecified atom stereocenters. The van der Waals surface area contributed by atoms with E-state index in [-0.39, 0.29) is 12.5 Å². The second-order valence-corrected chi connectivity index (χ2v) is 6.29. The number of methoxy groups -OCH3 is 1. The molecule has 1 N–H and O–H groups in total. The van der Waals surface area contributed by atoms with Gasteiger partial charge < -0.3 is 19.7 Å². The summed E-state index contributed by atoms with van der Waals surface area (Å²) >= 11 is 0. The number of nitrogens with zero attached hydrogens (tertiary/aromatic N) is 2. The molecule has 0 aliphatic carbocycles. The number of carbonyl (C=O) groups is 1. The van der Waals surface area contributed by atoms with Gasteiger partial charge in [0.1, 0.15) is 5.82 Å². The van der Waals surface area contributed by atoms with E-state index in [1.165, 1.54) is 25.7 Å². The summed E-state index contributed by atoms with van der Waals surface area (Å²) in [6, 6.07) is 11.1. The Kier molecular flexibility index (Phi) is 6.30. The highest BCUT2D eigenvalue weighted by Crippen LogP contribution is 2.25. The average Bonchev–Trinajstić information content (AvgIpc) is 2.97. The maximum absolute atomic E-state index is 12.1. The van der Waals surface area contributed by atoms with Crippen molar-refractivity contribution in [2.45, 2.75) is 25.7 Å². The molecule has 6 heteroatoms. The summed E-state index contributed by atoms with van der Waals surface area (Å²) in [5.74, 6) is 1.87. The number of aromatic nitrogens is 1. The molecule has 0 radical (unpaired) electrons. The summed E-state index contributed by atoms with van der Waals surface area (Å²) in [5.41, 5.74) is 0.664. The van der Waals surface area contributed by atoms with Crippen molar-refractivity contribution in [2.24, 2.45) is 0 Å². The minimum atomic E-state index is -0.236. The highest BCUT2D eigenvalue weighted by atomic mass is 16.5. The molecule has 2 heterocycles. The van der Waals surface area contributed by atoms with Gasteiger partial charge in [-0.05, 0) is 37.1 Å². The van der Waals surface area contributed by atoms with Crippen molar-refractivity contribution in [3.63, 3.8) is 0 Å². The number of hydrogen-bond acceptors (Lipinski definition) is 5. The fourth-order valence-corrected chi connectivity index (χ4v) is 3.03. The quantitative estimate of drug-likeness (QED) is 0.859. The van der Waals surface area contributed by atoms with Crippen LogP contribution in [0.1, 0.15) is 25.7 Å². The Bertz CT molecular complexity index is 710. The lowest BCUT2D eigenvalue weighted by molar-refractivity contribution is -0.118. The third kappa shape index (κ3) is 4.88. The minimum Gasteiger partial charge on any atom is -0.493 e. The predicted molar refractivity (Wildman–Crippen MR) is 102 cm³/mol. The molecule has 1 amide bonds. The lowest BCUT2D eigenvalue weighted by Crippen LogP contribution is -2.25. The molecule has 6 nitrogen and oxygen atoms in total. The van der Waals surface area contributed by atoms with Crippen LogP contribution in [0, 0.1) is 0 Å². The molecule has 0 atom stereocenters. The van der Waals surface area contributed by atoms with Gasteiger partial charge in [0.2, 0.25) is 0 Å². The number of nitrogens with one attached hydrogen (secondary N) is 1. The monoisotopic (exact) mass is 355 g/mol. The van der Waals surface area contributed by atoms with Gasteiger partial charge in [0.25, 0.3) is 5.91 Å². The number of amides is 1. The number of ether oxygens (including phenoxy) is 2. The summed E-state index contributed by atoms with van der Waals surface area (Å²) in [5, 5.41) is 2.81. The summed E-state index contributed by atoms with van der Waals surface area (Å²) in [7, 11) is 1.57. The topological polar surface area (TPSA) is 63.7 Å². The van der Waals surface area contributed by atoms with Gasteiger partial charge in [0, 0.05) is 13.1 Å². The molecule has 0 saturated carbocycles. The van der Waals surface area contributed by atoms with E-state index in [1.807, 2.05) is 24.3 Å². The molecular formula is C20H25N3O3. The zero-order valence-electron chi connectivity index (χ0n) is 15.1. The van der Waals surface area contributed by atoms with Crippen LogP contribution < -0.4 is 19.7 Å². The fraction of sp³-hybridized carbons (Fsp3) is 0.400. The Balaban J connectivity index is 1.52. The molecule has 0 spiro atoms. The number of pyridine rings is 1. The smallest absolute Gasteiger partial charge is 0.262 e. The molecule has 1 aliphatic heterocycles. The zero-order chi connectivity index (χ0) is 18.2. The first-order chi connectivity index (χ1) is 12.8. The van der Waals surface area contributed by atoms with Crippen LogP contribution >= 0.6 is 0 Å². The van der Waals surface area contributed by atoms with Crippen molar-refractivity contribution >= 4 is 17.4 Å². The first-order valence-electron chi connectivity index (χ1n) is 9.03. The predicted octanol–water partition coefficient (Wildman–Crippen LogP) is 3.49. The van der Waals surface area contributed by atoms with E-state index >= 15 is 0 Å². The lowest BCUT2D eigenvalue weighted by atomic mass is 10.2. The molecule has 1 aliphatic rings. The third-order valence-corrected chi connectivity index (χ3v) is 4.39. The average molecular weight is 355 g/mol. The summed E-state index contributed by atoms with van der Waals surface area (Å²) in [6.45, 7) is 2.01. The van der Waals surface area contributed by atoms with E-state index in [0.29, 0.717) is 17.2 Å². The normalized spacial score (nSPS) is 14.4. The van der Waals surface area contributed by atoms with Gasteiger partial charge in [-0.3, -0.25) is 4.79 Å². The van der Waals surface area contributed by atoms with E-state index < -0.39 is 0 Å². The van der Waals surface area contributed by atoms with Gasteiger partial charge in [0.15, 0.2) is 18.1 Å². The van der Waals surface area contributed by atoms with Crippen LogP contribution in [-0.4, -0.2) is 37.7 Å². The minimum absolute atomic E-state index is 0.0890. The van der Waals surface area contributed by atoms with Gasteiger partial charge in [0.05, 0.1) is 19.0 Å². The van der Waals surface area contributed by atoms with Gasteiger partial charge in [-0.15, -0.1) is 0 Å². The molecule has 26 heavy (non-hydrogen) atoms. The number of benzene rings is 1. The largest absolute Gasteiger partial charge is 0.493 e. The Morgan fingerprint density at radius 2 is 1.81 bits per heavy atom. The van der Waals surface area contributed by atoms with Gasteiger partial charge in [-0.1, -0.05) is 25.0 Å². The summed E-state index contributed by atoms with van der Waals surface area (Å²) in [4.78, 5) is 18.9. The number of hydrogen-bond donors (Lipinski definition) is 1. The van der Waals surface area contributed by atoms with Gasteiger partial charge >= 0.3 is 0 Å². The summed E-state index contributed by atoms with van der Waals surface area (Å²) < 4.78 is 10.7. The Morgan fingerprint density at radius 3 is 2.46 bits per heavy atom. The van der Waals surface area contributed by atoms with Crippen molar-refractivity contribution in [3.05, 3.63) is 42.6 Å².